The molecule has 0 aliphatic heterocycles. The molecule has 0 unspecified atom stereocenters. The van der Waals surface area contributed by atoms with Gasteiger partial charge in [0.15, 0.2) is 0 Å². The number of unbranched alkanes of at least 4 members (excludes halogenated alkanes) is 13. The number of ether oxygens (including phenoxy) is 2. The molecule has 6 heteroatoms. The standard InChI is InChI=1S/C46H89NO5/c1-6-9-12-13-14-15-19-29-43(49)52-41-45(4,5)31-20-16-22-36-47(38-25-39-48)37-23-21-32-46(34-35-46)33-30-44(50)51-40-24-28-42(26-17-10-7-2)27-18-11-8-3/h42,48H,6-41H2,1-5H3. The lowest BCUT2D eigenvalue weighted by atomic mass is 9.88. The molecular formula is C46H89NO5. The summed E-state index contributed by atoms with van der Waals surface area (Å²) < 4.78 is 11.4. The highest BCUT2D eigenvalue weighted by Crippen LogP contribution is 2.53. The summed E-state index contributed by atoms with van der Waals surface area (Å²) in [7, 11) is 0. The van der Waals surface area contributed by atoms with Gasteiger partial charge in [-0.15, -0.1) is 0 Å². The van der Waals surface area contributed by atoms with Gasteiger partial charge in [0.25, 0.3) is 0 Å². The number of carbonyl (C=O) groups excluding carboxylic acids is 2. The predicted octanol–water partition coefficient (Wildman–Crippen LogP) is 12.8. The van der Waals surface area contributed by atoms with Crippen LogP contribution in [-0.2, 0) is 19.1 Å². The lowest BCUT2D eigenvalue weighted by Crippen LogP contribution is -2.28. The van der Waals surface area contributed by atoms with Crippen LogP contribution in [0.15, 0.2) is 0 Å². The van der Waals surface area contributed by atoms with Gasteiger partial charge in [-0.05, 0) is 100 Å². The first-order valence-corrected chi connectivity index (χ1v) is 22.8. The summed E-state index contributed by atoms with van der Waals surface area (Å²) in [5, 5.41) is 9.47. The molecule has 0 amide bonds. The molecule has 52 heavy (non-hydrogen) atoms. The molecule has 0 aromatic heterocycles. The predicted molar refractivity (Wildman–Crippen MR) is 221 cm³/mol. The average Bonchev–Trinajstić information content (AvgIpc) is 3.91. The summed E-state index contributed by atoms with van der Waals surface area (Å²) in [5.41, 5.74) is 0.403. The lowest BCUT2D eigenvalue weighted by molar-refractivity contribution is -0.147. The molecule has 0 saturated heterocycles. The van der Waals surface area contributed by atoms with Crippen LogP contribution in [0.5, 0.6) is 0 Å². The van der Waals surface area contributed by atoms with Gasteiger partial charge in [-0.25, -0.2) is 0 Å². The molecule has 1 aliphatic carbocycles. The van der Waals surface area contributed by atoms with Gasteiger partial charge in [0, 0.05) is 26.0 Å². The fourth-order valence-electron chi connectivity index (χ4n) is 7.83. The van der Waals surface area contributed by atoms with Gasteiger partial charge in [0.1, 0.15) is 0 Å². The zero-order chi connectivity index (χ0) is 38.2. The van der Waals surface area contributed by atoms with E-state index in [2.05, 4.69) is 39.5 Å². The number of esters is 2. The zero-order valence-corrected chi connectivity index (χ0v) is 35.6. The maximum absolute atomic E-state index is 12.6. The fourth-order valence-corrected chi connectivity index (χ4v) is 7.83. The Hall–Kier alpha value is -1.14. The maximum atomic E-state index is 12.6. The molecule has 1 rings (SSSR count). The molecule has 1 saturated carbocycles. The highest BCUT2D eigenvalue weighted by molar-refractivity contribution is 5.69. The van der Waals surface area contributed by atoms with Crippen molar-refractivity contribution in [2.45, 2.75) is 227 Å². The Labute approximate surface area is 323 Å². The number of carbonyl (C=O) groups is 2. The summed E-state index contributed by atoms with van der Waals surface area (Å²) in [6.45, 7) is 15.7. The van der Waals surface area contributed by atoms with Crippen LogP contribution >= 0.6 is 0 Å². The summed E-state index contributed by atoms with van der Waals surface area (Å²) in [6.07, 6.45) is 35.0. The van der Waals surface area contributed by atoms with Crippen molar-refractivity contribution in [3.05, 3.63) is 0 Å². The number of hydrogen-bond donors (Lipinski definition) is 1. The van der Waals surface area contributed by atoms with Crippen LogP contribution in [0.25, 0.3) is 0 Å². The van der Waals surface area contributed by atoms with Gasteiger partial charge in [0.2, 0.25) is 0 Å². The van der Waals surface area contributed by atoms with E-state index < -0.39 is 0 Å². The quantitative estimate of drug-likeness (QED) is 0.0500. The number of aliphatic hydroxyl groups is 1. The van der Waals surface area contributed by atoms with Gasteiger partial charge >= 0.3 is 11.9 Å². The number of hydrogen-bond acceptors (Lipinski definition) is 6. The van der Waals surface area contributed by atoms with Crippen molar-refractivity contribution < 1.29 is 24.2 Å². The Morgan fingerprint density at radius 1 is 0.615 bits per heavy atom. The van der Waals surface area contributed by atoms with Crippen molar-refractivity contribution in [2.75, 3.05) is 39.5 Å². The smallest absolute Gasteiger partial charge is 0.305 e. The van der Waals surface area contributed by atoms with E-state index in [0.29, 0.717) is 31.5 Å². The molecule has 0 bridgehead atoms. The van der Waals surface area contributed by atoms with Gasteiger partial charge in [-0.2, -0.15) is 0 Å². The lowest BCUT2D eigenvalue weighted by Gasteiger charge is -2.25. The van der Waals surface area contributed by atoms with Gasteiger partial charge in [0.05, 0.1) is 13.2 Å². The van der Waals surface area contributed by atoms with E-state index in [-0.39, 0.29) is 24.0 Å². The minimum Gasteiger partial charge on any atom is -0.466 e. The number of rotatable bonds is 39. The topological polar surface area (TPSA) is 76.1 Å². The molecule has 0 aromatic rings. The van der Waals surface area contributed by atoms with E-state index in [9.17, 15) is 14.7 Å². The van der Waals surface area contributed by atoms with Crippen molar-refractivity contribution in [1.82, 2.24) is 4.90 Å². The van der Waals surface area contributed by atoms with E-state index in [4.69, 9.17) is 9.47 Å². The fraction of sp³-hybridized carbons (Fsp3) is 0.957. The molecule has 1 N–H and O–H groups in total. The molecule has 0 radical (unpaired) electrons. The normalized spacial score (nSPS) is 14.0. The van der Waals surface area contributed by atoms with Crippen LogP contribution in [0.3, 0.4) is 0 Å². The second-order valence-corrected chi connectivity index (χ2v) is 17.6. The molecular weight excluding hydrogens is 647 g/mol. The van der Waals surface area contributed by atoms with E-state index >= 15 is 0 Å². The Balaban J connectivity index is 2.20. The first-order chi connectivity index (χ1) is 25.2. The van der Waals surface area contributed by atoms with E-state index in [1.54, 1.807) is 0 Å². The molecule has 6 nitrogen and oxygen atoms in total. The summed E-state index contributed by atoms with van der Waals surface area (Å²) in [4.78, 5) is 27.4. The van der Waals surface area contributed by atoms with Crippen LogP contribution in [0.4, 0.5) is 0 Å². The van der Waals surface area contributed by atoms with Crippen molar-refractivity contribution in [2.24, 2.45) is 16.7 Å². The Kier molecular flexibility index (Phi) is 30.2. The number of aliphatic hydroxyl groups excluding tert-OH is 1. The SMILES string of the molecule is CCCCCCCCCC(=O)OCC(C)(C)CCCCCN(CCCO)CCCCC1(CCC(=O)OCCCC(CCCCC)CCCCC)CC1. The van der Waals surface area contributed by atoms with E-state index in [1.165, 1.54) is 135 Å². The van der Waals surface area contributed by atoms with Crippen molar-refractivity contribution >= 4 is 11.9 Å². The first kappa shape index (κ1) is 48.9. The van der Waals surface area contributed by atoms with E-state index in [0.717, 1.165) is 70.5 Å². The van der Waals surface area contributed by atoms with Gasteiger partial charge in [-0.1, -0.05) is 144 Å². The molecule has 0 aromatic carbocycles. The third-order valence-electron chi connectivity index (χ3n) is 11.8. The zero-order valence-electron chi connectivity index (χ0n) is 35.6. The third kappa shape index (κ3) is 28.3. The summed E-state index contributed by atoms with van der Waals surface area (Å²) >= 11 is 0. The highest BCUT2D eigenvalue weighted by Gasteiger charge is 2.41. The molecule has 1 aliphatic rings. The summed E-state index contributed by atoms with van der Waals surface area (Å²) in [6, 6.07) is 0. The minimum absolute atomic E-state index is 0.0122. The molecule has 308 valence electrons. The Morgan fingerprint density at radius 3 is 1.79 bits per heavy atom. The first-order valence-electron chi connectivity index (χ1n) is 22.8. The molecule has 0 atom stereocenters. The molecule has 1 fully saturated rings. The largest absolute Gasteiger partial charge is 0.466 e. The van der Waals surface area contributed by atoms with Crippen LogP contribution < -0.4 is 0 Å². The average molecular weight is 736 g/mol. The Morgan fingerprint density at radius 2 is 1.15 bits per heavy atom. The van der Waals surface area contributed by atoms with Crippen molar-refractivity contribution in [3.8, 4) is 0 Å². The van der Waals surface area contributed by atoms with Gasteiger partial charge < -0.3 is 19.5 Å². The highest BCUT2D eigenvalue weighted by atomic mass is 16.5. The maximum Gasteiger partial charge on any atom is 0.305 e. The van der Waals surface area contributed by atoms with Crippen LogP contribution in [-0.4, -0.2) is 61.4 Å². The Bertz CT molecular complexity index is 831. The number of nitrogens with zero attached hydrogens (tertiary/aromatic N) is 1. The van der Waals surface area contributed by atoms with Crippen LogP contribution in [0, 0.1) is 16.7 Å². The summed E-state index contributed by atoms with van der Waals surface area (Å²) in [5.74, 6) is 0.784. The minimum atomic E-state index is -0.0312. The van der Waals surface area contributed by atoms with E-state index in [1.807, 2.05) is 0 Å². The molecule has 0 heterocycles. The van der Waals surface area contributed by atoms with Crippen molar-refractivity contribution in [3.63, 3.8) is 0 Å². The molecule has 0 spiro atoms. The van der Waals surface area contributed by atoms with Gasteiger partial charge in [-0.3, -0.25) is 9.59 Å². The second kappa shape index (κ2) is 32.1. The van der Waals surface area contributed by atoms with Crippen molar-refractivity contribution in [1.29, 1.82) is 0 Å². The van der Waals surface area contributed by atoms with Crippen LogP contribution in [0.1, 0.15) is 227 Å². The monoisotopic (exact) mass is 736 g/mol. The van der Waals surface area contributed by atoms with Crippen LogP contribution in [0.2, 0.25) is 0 Å². The second-order valence-electron chi connectivity index (χ2n) is 17.6. The third-order valence-corrected chi connectivity index (χ3v) is 11.8.